The lowest BCUT2D eigenvalue weighted by Gasteiger charge is -2.31. The van der Waals surface area contributed by atoms with Crippen LogP contribution in [0, 0.1) is 0 Å². The molecule has 0 unspecified atom stereocenters. The zero-order valence-electron chi connectivity index (χ0n) is 21.0. The first kappa shape index (κ1) is 25.6. The Hall–Kier alpha value is -2.70. The average molecular weight is 560 g/mol. The highest BCUT2D eigenvalue weighted by molar-refractivity contribution is 6.42. The lowest BCUT2D eigenvalue weighted by Crippen LogP contribution is -2.56. The zero-order valence-corrected chi connectivity index (χ0v) is 22.5. The van der Waals surface area contributed by atoms with Gasteiger partial charge < -0.3 is 31.0 Å². The molecular formula is C25H31Cl2N9O2. The Labute approximate surface area is 230 Å². The normalized spacial score (nSPS) is 22.3. The molecule has 3 aromatic rings. The lowest BCUT2D eigenvalue weighted by molar-refractivity contribution is -0.125. The van der Waals surface area contributed by atoms with E-state index in [4.69, 9.17) is 39.4 Å². The number of carbonyl (C=O) groups excluding carboxylic acids is 1. The van der Waals surface area contributed by atoms with E-state index in [9.17, 15) is 4.79 Å². The minimum absolute atomic E-state index is 0.0922. The number of nitrogens with two attached hydrogens (primary N) is 2. The molecule has 13 heteroatoms. The number of morpholine rings is 1. The molecule has 2 aromatic heterocycles. The summed E-state index contributed by atoms with van der Waals surface area (Å²) in [5.74, 6) is 0.233. The number of fused-ring (bicyclic) bond motifs is 1. The van der Waals surface area contributed by atoms with Gasteiger partial charge in [-0.15, -0.1) is 0 Å². The zero-order chi connectivity index (χ0) is 26.4. The minimum atomic E-state index is -0.972. The van der Waals surface area contributed by atoms with E-state index in [0.717, 1.165) is 42.7 Å². The molecule has 1 atom stereocenters. The highest BCUT2D eigenvalue weighted by atomic mass is 35.5. The van der Waals surface area contributed by atoms with E-state index in [-0.39, 0.29) is 11.9 Å². The Bertz CT molecular complexity index is 1370. The molecule has 1 aromatic carbocycles. The number of halogens is 2. The first-order chi connectivity index (χ1) is 18.3. The van der Waals surface area contributed by atoms with Gasteiger partial charge in [0, 0.05) is 50.0 Å². The average Bonchev–Trinajstić information content (AvgIpc) is 3.48. The second kappa shape index (κ2) is 10.1. The third-order valence-corrected chi connectivity index (χ3v) is 8.49. The van der Waals surface area contributed by atoms with Crippen molar-refractivity contribution in [3.63, 3.8) is 0 Å². The van der Waals surface area contributed by atoms with Crippen LogP contribution in [0.1, 0.15) is 30.4 Å². The molecule has 2 aliphatic heterocycles. The smallest absolute Gasteiger partial charge is 0.242 e. The maximum atomic E-state index is 13.0. The van der Waals surface area contributed by atoms with Crippen molar-refractivity contribution in [2.45, 2.75) is 43.9 Å². The first-order valence-electron chi connectivity index (χ1n) is 12.9. The van der Waals surface area contributed by atoms with Crippen molar-refractivity contribution in [1.82, 2.24) is 29.7 Å². The van der Waals surface area contributed by atoms with E-state index in [0.29, 0.717) is 72.8 Å². The third-order valence-electron chi connectivity index (χ3n) is 7.66. The molecule has 1 saturated carbocycles. The van der Waals surface area contributed by atoms with Crippen LogP contribution < -0.4 is 21.7 Å². The number of rotatable bonds is 7. The van der Waals surface area contributed by atoms with Crippen LogP contribution in [0.5, 0.6) is 0 Å². The van der Waals surface area contributed by atoms with Crippen molar-refractivity contribution >= 4 is 51.8 Å². The predicted molar refractivity (Wildman–Crippen MR) is 146 cm³/mol. The summed E-state index contributed by atoms with van der Waals surface area (Å²) in [7, 11) is 0. The van der Waals surface area contributed by atoms with Crippen LogP contribution in [0.4, 0.5) is 11.5 Å². The summed E-state index contributed by atoms with van der Waals surface area (Å²) in [6, 6.07) is 2.14. The second-order valence-electron chi connectivity index (χ2n) is 10.4. The molecule has 38 heavy (non-hydrogen) atoms. The number of aromatic nitrogens is 4. The summed E-state index contributed by atoms with van der Waals surface area (Å²) in [6.07, 6.45) is 5.71. The number of nitrogen functional groups attached to an aromatic ring is 1. The van der Waals surface area contributed by atoms with E-state index in [1.54, 1.807) is 6.33 Å². The van der Waals surface area contributed by atoms with E-state index in [1.807, 2.05) is 10.6 Å². The van der Waals surface area contributed by atoms with Gasteiger partial charge in [-0.3, -0.25) is 9.69 Å². The number of nitrogens with zero attached hydrogens (tertiary/aromatic N) is 6. The summed E-state index contributed by atoms with van der Waals surface area (Å²) >= 11 is 13.6. The van der Waals surface area contributed by atoms with Crippen LogP contribution in [0.2, 0.25) is 10.0 Å². The van der Waals surface area contributed by atoms with E-state index < -0.39 is 5.54 Å². The van der Waals surface area contributed by atoms with Crippen molar-refractivity contribution in [2.75, 3.05) is 50.0 Å². The number of imidazole rings is 1. The summed E-state index contributed by atoms with van der Waals surface area (Å²) < 4.78 is 7.48. The van der Waals surface area contributed by atoms with Crippen molar-refractivity contribution in [2.24, 2.45) is 5.73 Å². The molecule has 5 N–H and O–H groups in total. The van der Waals surface area contributed by atoms with E-state index in [2.05, 4.69) is 30.1 Å². The van der Waals surface area contributed by atoms with Gasteiger partial charge in [0.1, 0.15) is 17.4 Å². The monoisotopic (exact) mass is 559 g/mol. The quantitative estimate of drug-likeness (QED) is 0.395. The lowest BCUT2D eigenvalue weighted by atomic mass is 9.98. The highest BCUT2D eigenvalue weighted by Gasteiger charge is 2.43. The second-order valence-corrected chi connectivity index (χ2v) is 11.2. The minimum Gasteiger partial charge on any atom is -0.382 e. The largest absolute Gasteiger partial charge is 0.382 e. The molecule has 1 aliphatic carbocycles. The topological polar surface area (TPSA) is 140 Å². The van der Waals surface area contributed by atoms with Crippen LogP contribution in [0.25, 0.3) is 11.2 Å². The fourth-order valence-corrected chi connectivity index (χ4v) is 5.72. The van der Waals surface area contributed by atoms with Crippen molar-refractivity contribution in [3.8, 4) is 0 Å². The number of ether oxygens (including phenoxy) is 1. The molecule has 1 amide bonds. The van der Waals surface area contributed by atoms with Gasteiger partial charge in [-0.1, -0.05) is 23.2 Å². The van der Waals surface area contributed by atoms with Gasteiger partial charge in [0.2, 0.25) is 5.91 Å². The van der Waals surface area contributed by atoms with Crippen LogP contribution in [-0.4, -0.2) is 81.3 Å². The predicted octanol–water partition coefficient (Wildman–Crippen LogP) is 1.78. The summed E-state index contributed by atoms with van der Waals surface area (Å²) in [5.41, 5.74) is 15.7. The number of anilines is 2. The van der Waals surface area contributed by atoms with E-state index >= 15 is 0 Å². The fourth-order valence-electron chi connectivity index (χ4n) is 5.27. The molecule has 202 valence electrons. The number of hydrogen-bond donors (Lipinski definition) is 3. The molecular weight excluding hydrogens is 529 g/mol. The molecule has 4 heterocycles. The van der Waals surface area contributed by atoms with Crippen LogP contribution in [-0.2, 0) is 22.6 Å². The molecule has 0 spiro atoms. The molecule has 3 fully saturated rings. The summed E-state index contributed by atoms with van der Waals surface area (Å²) in [6.45, 7) is 4.98. The summed E-state index contributed by atoms with van der Waals surface area (Å²) in [5, 5.41) is 4.06. The molecule has 11 nitrogen and oxygen atoms in total. The van der Waals surface area contributed by atoms with Gasteiger partial charge in [-0.2, -0.15) is 0 Å². The van der Waals surface area contributed by atoms with Gasteiger partial charge in [-0.05, 0) is 30.9 Å². The summed E-state index contributed by atoms with van der Waals surface area (Å²) in [4.78, 5) is 30.4. The Balaban J connectivity index is 1.40. The van der Waals surface area contributed by atoms with E-state index in [1.165, 1.54) is 6.33 Å². The number of nitrogens with one attached hydrogen (secondary N) is 1. The van der Waals surface area contributed by atoms with Crippen molar-refractivity contribution < 1.29 is 9.53 Å². The maximum Gasteiger partial charge on any atom is 0.242 e. The van der Waals surface area contributed by atoms with Crippen LogP contribution >= 0.6 is 23.2 Å². The highest BCUT2D eigenvalue weighted by Crippen LogP contribution is 2.40. The van der Waals surface area contributed by atoms with Gasteiger partial charge in [-0.25, -0.2) is 15.0 Å². The number of hydrogen-bond acceptors (Lipinski definition) is 9. The standard InChI is InChI=1S/C25H31Cl2N9O2/c26-18-9-19(35-4-3-25(29,12-35)24(37)33-15-1-2-15)16(17(20(18)27)10-34-5-7-38-8-6-34)11-36-14-32-21-22(28)30-13-31-23(21)36/h9,13-15H,1-8,10-12,29H2,(H,33,37)(H2,28,30,31)/t25-/m1/s1. The van der Waals surface area contributed by atoms with Gasteiger partial charge in [0.05, 0.1) is 36.1 Å². The number of benzene rings is 1. The molecule has 0 bridgehead atoms. The number of carbonyl (C=O) groups is 1. The van der Waals surface area contributed by atoms with Crippen molar-refractivity contribution in [1.29, 1.82) is 0 Å². The van der Waals surface area contributed by atoms with Crippen LogP contribution in [0.3, 0.4) is 0 Å². The van der Waals surface area contributed by atoms with Crippen LogP contribution in [0.15, 0.2) is 18.7 Å². The molecule has 3 aliphatic rings. The SMILES string of the molecule is Nc1ncnc2c1ncn2Cc1c(N2CC[C@](N)(C(=O)NC3CC3)C2)cc(Cl)c(Cl)c1CN1CCOCC1. The number of amides is 1. The Morgan fingerprint density at radius 3 is 2.68 bits per heavy atom. The Kier molecular flexibility index (Phi) is 6.81. The van der Waals surface area contributed by atoms with Gasteiger partial charge in [0.15, 0.2) is 11.5 Å². The van der Waals surface area contributed by atoms with Gasteiger partial charge in [0.25, 0.3) is 0 Å². The Morgan fingerprint density at radius 2 is 1.92 bits per heavy atom. The first-order valence-corrected chi connectivity index (χ1v) is 13.6. The van der Waals surface area contributed by atoms with Gasteiger partial charge >= 0.3 is 0 Å². The third kappa shape index (κ3) is 4.89. The fraction of sp³-hybridized carbons (Fsp3) is 0.520. The molecule has 6 rings (SSSR count). The van der Waals surface area contributed by atoms with Crippen molar-refractivity contribution in [3.05, 3.63) is 39.9 Å². The molecule has 2 saturated heterocycles. The molecule has 0 radical (unpaired) electrons. The maximum absolute atomic E-state index is 13.0. The Morgan fingerprint density at radius 1 is 1.13 bits per heavy atom.